The van der Waals surface area contributed by atoms with Crippen molar-refractivity contribution in [3.05, 3.63) is 107 Å². The minimum Gasteiger partial charge on any atom is -0.503 e. The van der Waals surface area contributed by atoms with Crippen molar-refractivity contribution in [1.29, 1.82) is 0 Å². The molecule has 0 saturated heterocycles. The molecule has 2 aliphatic rings. The number of carbonyl (C=O) groups excluding carboxylic acids is 2. The number of allylic oxidation sites excluding steroid dienone is 2. The third-order valence-corrected chi connectivity index (χ3v) is 6.84. The maximum Gasteiger partial charge on any atom is 0.295 e. The number of benzene rings is 1. The van der Waals surface area contributed by atoms with Crippen LogP contribution in [0.4, 0.5) is 5.82 Å². The highest BCUT2D eigenvalue weighted by atomic mass is 16.3. The van der Waals surface area contributed by atoms with E-state index in [9.17, 15) is 14.7 Å². The van der Waals surface area contributed by atoms with E-state index in [1.165, 1.54) is 4.90 Å². The Morgan fingerprint density at radius 2 is 1.92 bits per heavy atom. The molecule has 1 aliphatic carbocycles. The lowest BCUT2D eigenvalue weighted by atomic mass is 9.87. The Hall–Kier alpha value is -4.33. The number of aliphatic hydroxyl groups is 1. The van der Waals surface area contributed by atoms with Crippen LogP contribution in [0.2, 0.25) is 0 Å². The number of Topliss-reactive ketones (excluding diaryl/α,β-unsaturated/α-hetero) is 1. The van der Waals surface area contributed by atoms with E-state index in [1.807, 2.05) is 41.2 Å². The van der Waals surface area contributed by atoms with Crippen molar-refractivity contribution >= 4 is 17.5 Å². The van der Waals surface area contributed by atoms with Crippen LogP contribution in [0.5, 0.6) is 0 Å². The summed E-state index contributed by atoms with van der Waals surface area (Å²) >= 11 is 0. The lowest BCUT2D eigenvalue weighted by Crippen LogP contribution is -2.39. The molecule has 1 aromatic carbocycles. The topological polar surface area (TPSA) is 101 Å². The summed E-state index contributed by atoms with van der Waals surface area (Å²) in [7, 11) is 0. The second-order valence-corrected chi connectivity index (χ2v) is 9.77. The summed E-state index contributed by atoms with van der Waals surface area (Å²) in [5.41, 5.74) is 3.01. The van der Waals surface area contributed by atoms with Crippen molar-refractivity contribution < 1.29 is 14.7 Å². The SMILES string of the molecule is Cc1ccc(N2C(=O)C(O)=C(C(=O)c3ccc(C(C)C)cc3)C2C2=CCC(Cn3cccn3)C=C2)nn1. The van der Waals surface area contributed by atoms with Gasteiger partial charge >= 0.3 is 0 Å². The fourth-order valence-corrected chi connectivity index (χ4v) is 4.75. The van der Waals surface area contributed by atoms with E-state index in [-0.39, 0.29) is 23.1 Å². The zero-order valence-corrected chi connectivity index (χ0v) is 21.1. The van der Waals surface area contributed by atoms with Crippen molar-refractivity contribution in [1.82, 2.24) is 20.0 Å². The number of hydrogen-bond donors (Lipinski definition) is 1. The first-order chi connectivity index (χ1) is 17.8. The molecular weight excluding hydrogens is 466 g/mol. The molecular formula is C29H29N5O3. The van der Waals surface area contributed by atoms with Gasteiger partial charge in [-0.05, 0) is 48.6 Å². The standard InChI is InChI=1S/C29H29N5O3/c1-18(2)21-10-12-23(13-11-21)27(35)25-26(22-8-6-20(7-9-22)17-33-16-4-15-30-33)34(29(37)28(25)36)24-14-5-19(3)31-32-24/h4-6,8-16,18,20,26,36H,7,17H2,1-3H3. The minimum atomic E-state index is -0.816. The molecule has 2 unspecified atom stereocenters. The van der Waals surface area contributed by atoms with Gasteiger partial charge in [-0.25, -0.2) is 0 Å². The number of aromatic nitrogens is 4. The fourth-order valence-electron chi connectivity index (χ4n) is 4.75. The van der Waals surface area contributed by atoms with Crippen molar-refractivity contribution in [3.8, 4) is 0 Å². The largest absolute Gasteiger partial charge is 0.503 e. The van der Waals surface area contributed by atoms with Crippen LogP contribution in [0.15, 0.2) is 90.0 Å². The van der Waals surface area contributed by atoms with Crippen LogP contribution in [0.25, 0.3) is 0 Å². The molecule has 8 heteroatoms. The van der Waals surface area contributed by atoms with Crippen molar-refractivity contribution in [2.24, 2.45) is 5.92 Å². The summed E-state index contributed by atoms with van der Waals surface area (Å²) in [5.74, 6) is -0.801. The number of nitrogens with zero attached hydrogens (tertiary/aromatic N) is 5. The predicted molar refractivity (Wildman–Crippen MR) is 140 cm³/mol. The summed E-state index contributed by atoms with van der Waals surface area (Å²) in [4.78, 5) is 28.5. The number of carbonyl (C=O) groups is 2. The Bertz CT molecular complexity index is 1400. The number of aryl methyl sites for hydroxylation is 1. The molecule has 2 atom stereocenters. The normalized spacial score (nSPS) is 19.6. The second-order valence-electron chi connectivity index (χ2n) is 9.77. The van der Waals surface area contributed by atoms with Gasteiger partial charge in [0.15, 0.2) is 17.4 Å². The van der Waals surface area contributed by atoms with Gasteiger partial charge in [0, 0.05) is 30.4 Å². The van der Waals surface area contributed by atoms with Crippen LogP contribution >= 0.6 is 0 Å². The fraction of sp³-hybridized carbons (Fsp3) is 0.276. The van der Waals surface area contributed by atoms with Gasteiger partial charge in [-0.15, -0.1) is 5.10 Å². The van der Waals surface area contributed by atoms with Gasteiger partial charge in [-0.1, -0.05) is 56.3 Å². The third-order valence-electron chi connectivity index (χ3n) is 6.84. The summed E-state index contributed by atoms with van der Waals surface area (Å²) in [5, 5.41) is 23.6. The Kier molecular flexibility index (Phi) is 6.56. The lowest BCUT2D eigenvalue weighted by molar-refractivity contribution is -0.117. The van der Waals surface area contributed by atoms with Gasteiger partial charge in [0.05, 0.1) is 17.3 Å². The highest BCUT2D eigenvalue weighted by molar-refractivity contribution is 6.21. The number of aliphatic hydroxyl groups excluding tert-OH is 1. The smallest absolute Gasteiger partial charge is 0.295 e. The summed E-state index contributed by atoms with van der Waals surface area (Å²) < 4.78 is 1.88. The zero-order chi connectivity index (χ0) is 26.1. The number of ketones is 1. The van der Waals surface area contributed by atoms with Crippen LogP contribution < -0.4 is 4.90 Å². The van der Waals surface area contributed by atoms with E-state index in [4.69, 9.17) is 0 Å². The average Bonchev–Trinajstić information content (AvgIpc) is 3.51. The van der Waals surface area contributed by atoms with E-state index >= 15 is 0 Å². The lowest BCUT2D eigenvalue weighted by Gasteiger charge is -2.28. The highest BCUT2D eigenvalue weighted by Crippen LogP contribution is 2.37. The molecule has 0 radical (unpaired) electrons. The van der Waals surface area contributed by atoms with Crippen molar-refractivity contribution in [2.45, 2.75) is 45.7 Å². The Labute approximate surface area is 215 Å². The Balaban J connectivity index is 1.51. The first kappa shape index (κ1) is 24.4. The van der Waals surface area contributed by atoms with E-state index < -0.39 is 17.7 Å². The Morgan fingerprint density at radius 1 is 1.14 bits per heavy atom. The van der Waals surface area contributed by atoms with Crippen molar-refractivity contribution in [2.75, 3.05) is 4.90 Å². The maximum atomic E-state index is 13.7. The molecule has 37 heavy (non-hydrogen) atoms. The van der Waals surface area contributed by atoms with Crippen LogP contribution in [-0.2, 0) is 11.3 Å². The molecule has 8 nitrogen and oxygen atoms in total. The summed E-state index contributed by atoms with van der Waals surface area (Å²) in [6.07, 6.45) is 10.4. The monoisotopic (exact) mass is 495 g/mol. The molecule has 0 spiro atoms. The molecule has 188 valence electrons. The minimum absolute atomic E-state index is 0.0473. The van der Waals surface area contributed by atoms with Crippen LogP contribution in [0, 0.1) is 12.8 Å². The van der Waals surface area contributed by atoms with Gasteiger partial charge in [0.2, 0.25) is 0 Å². The number of anilines is 1. The van der Waals surface area contributed by atoms with Crippen LogP contribution in [0.3, 0.4) is 0 Å². The summed E-state index contributed by atoms with van der Waals surface area (Å²) in [6.45, 7) is 6.69. The van der Waals surface area contributed by atoms with Gasteiger partial charge in [0.1, 0.15) is 0 Å². The number of rotatable bonds is 7. The molecule has 0 fully saturated rings. The molecule has 1 N–H and O–H groups in total. The summed E-state index contributed by atoms with van der Waals surface area (Å²) in [6, 6.07) is 11.8. The molecule has 0 bridgehead atoms. The Morgan fingerprint density at radius 3 is 2.51 bits per heavy atom. The molecule has 2 aromatic heterocycles. The maximum absolute atomic E-state index is 13.7. The van der Waals surface area contributed by atoms with E-state index in [2.05, 4.69) is 35.2 Å². The first-order valence-electron chi connectivity index (χ1n) is 12.4. The highest BCUT2D eigenvalue weighted by Gasteiger charge is 2.46. The molecule has 1 amide bonds. The molecule has 3 heterocycles. The quantitative estimate of drug-likeness (QED) is 0.476. The molecule has 1 aliphatic heterocycles. The predicted octanol–water partition coefficient (Wildman–Crippen LogP) is 4.72. The van der Waals surface area contributed by atoms with Gasteiger partial charge in [-0.2, -0.15) is 10.2 Å². The van der Waals surface area contributed by atoms with E-state index in [0.717, 1.165) is 17.7 Å². The van der Waals surface area contributed by atoms with Crippen molar-refractivity contribution in [3.63, 3.8) is 0 Å². The molecule has 0 saturated carbocycles. The van der Waals surface area contributed by atoms with E-state index in [0.29, 0.717) is 23.6 Å². The van der Waals surface area contributed by atoms with E-state index in [1.54, 1.807) is 37.4 Å². The van der Waals surface area contributed by atoms with Crippen LogP contribution in [0.1, 0.15) is 47.8 Å². The third kappa shape index (κ3) is 4.74. The number of amides is 1. The molecule has 3 aromatic rings. The average molecular weight is 496 g/mol. The second kappa shape index (κ2) is 9.97. The van der Waals surface area contributed by atoms with Crippen LogP contribution in [-0.4, -0.2) is 42.8 Å². The van der Waals surface area contributed by atoms with Gasteiger partial charge in [-0.3, -0.25) is 19.2 Å². The number of hydrogen-bond acceptors (Lipinski definition) is 6. The zero-order valence-electron chi connectivity index (χ0n) is 21.1. The molecule has 5 rings (SSSR count). The van der Waals surface area contributed by atoms with Gasteiger partial charge < -0.3 is 5.11 Å². The van der Waals surface area contributed by atoms with Gasteiger partial charge in [0.25, 0.3) is 5.91 Å². The first-order valence-corrected chi connectivity index (χ1v) is 12.4.